The second-order valence-corrected chi connectivity index (χ2v) is 8.03. The number of thioether (sulfide) groups is 1. The number of carbonyl (C=O) groups is 2. The van der Waals surface area contributed by atoms with Crippen molar-refractivity contribution in [1.29, 1.82) is 0 Å². The van der Waals surface area contributed by atoms with Gasteiger partial charge < -0.3 is 29.8 Å². The van der Waals surface area contributed by atoms with E-state index in [2.05, 4.69) is 15.6 Å². The van der Waals surface area contributed by atoms with Crippen LogP contribution in [-0.4, -0.2) is 46.4 Å². The van der Waals surface area contributed by atoms with Crippen molar-refractivity contribution in [1.82, 2.24) is 14.9 Å². The Morgan fingerprint density at radius 1 is 1.12 bits per heavy atom. The maximum Gasteiger partial charge on any atom is 0.240 e. The normalized spacial score (nSPS) is 10.6. The van der Waals surface area contributed by atoms with Crippen LogP contribution in [0.3, 0.4) is 0 Å². The number of aliphatic hydroxyl groups is 1. The Kier molecular flexibility index (Phi) is 8.88. The Bertz CT molecular complexity index is 1140. The lowest BCUT2D eigenvalue weighted by molar-refractivity contribution is -0.122. The van der Waals surface area contributed by atoms with E-state index < -0.39 is 0 Å². The molecule has 0 aliphatic carbocycles. The second kappa shape index (κ2) is 12.1. The number of hydrogen-bond acceptors (Lipinski definition) is 7. The van der Waals surface area contributed by atoms with E-state index in [4.69, 9.17) is 9.47 Å². The number of carbonyl (C=O) groups excluding carboxylic acids is 2. The third-order valence-electron chi connectivity index (χ3n) is 4.78. The van der Waals surface area contributed by atoms with Crippen LogP contribution in [0.25, 0.3) is 0 Å². The number of anilines is 1. The van der Waals surface area contributed by atoms with E-state index in [0.717, 1.165) is 17.3 Å². The van der Waals surface area contributed by atoms with Crippen LogP contribution >= 0.6 is 11.8 Å². The number of amides is 2. The summed E-state index contributed by atoms with van der Waals surface area (Å²) in [5.74, 6) is 0.0949. The molecule has 2 amide bonds. The van der Waals surface area contributed by atoms with E-state index in [1.165, 1.54) is 32.5 Å². The summed E-state index contributed by atoms with van der Waals surface area (Å²) < 4.78 is 25.0. The van der Waals surface area contributed by atoms with Crippen molar-refractivity contribution in [3.63, 3.8) is 0 Å². The van der Waals surface area contributed by atoms with Crippen LogP contribution in [0, 0.1) is 5.82 Å². The number of nitrogens with one attached hydrogen (secondary N) is 2. The van der Waals surface area contributed by atoms with Gasteiger partial charge in [-0.15, -0.1) is 0 Å². The molecule has 3 N–H and O–H groups in total. The Balaban J connectivity index is 1.60. The van der Waals surface area contributed by atoms with Gasteiger partial charge in [0, 0.05) is 12.6 Å². The quantitative estimate of drug-likeness (QED) is 0.356. The molecule has 1 heterocycles. The van der Waals surface area contributed by atoms with Crippen molar-refractivity contribution in [3.8, 4) is 11.5 Å². The molecule has 0 atom stereocenters. The fraction of sp³-hybridized carbons (Fsp3) is 0.261. The largest absolute Gasteiger partial charge is 0.497 e. The summed E-state index contributed by atoms with van der Waals surface area (Å²) in [6, 6.07) is 10.9. The van der Waals surface area contributed by atoms with E-state index in [1.54, 1.807) is 34.9 Å². The van der Waals surface area contributed by atoms with Gasteiger partial charge >= 0.3 is 0 Å². The monoisotopic (exact) mass is 488 g/mol. The molecule has 0 saturated heterocycles. The van der Waals surface area contributed by atoms with Crippen LogP contribution in [0.4, 0.5) is 10.1 Å². The van der Waals surface area contributed by atoms with Crippen molar-refractivity contribution >= 4 is 29.3 Å². The third-order valence-corrected chi connectivity index (χ3v) is 5.77. The summed E-state index contributed by atoms with van der Waals surface area (Å²) in [7, 11) is 3.03. The summed E-state index contributed by atoms with van der Waals surface area (Å²) in [5.41, 5.74) is 1.66. The number of methoxy groups -OCH3 is 2. The van der Waals surface area contributed by atoms with Gasteiger partial charge in [-0.05, 0) is 29.8 Å². The Hall–Kier alpha value is -3.57. The average Bonchev–Trinajstić information content (AvgIpc) is 3.23. The molecule has 11 heteroatoms. The van der Waals surface area contributed by atoms with Crippen molar-refractivity contribution in [2.24, 2.45) is 0 Å². The Morgan fingerprint density at radius 3 is 2.56 bits per heavy atom. The fourth-order valence-corrected chi connectivity index (χ4v) is 3.83. The smallest absolute Gasteiger partial charge is 0.240 e. The molecule has 1 aromatic heterocycles. The molecule has 9 nitrogen and oxygen atoms in total. The highest BCUT2D eigenvalue weighted by Crippen LogP contribution is 2.29. The standard InChI is InChI=1S/C23H25FN4O5S/c1-32-18-7-8-20(33-2)19(9-18)27-22(31)14-34-23-26-11-17(13-29)28(23)12-21(30)25-10-15-3-5-16(24)6-4-15/h3-9,11,29H,10,12-14H2,1-2H3,(H,25,30)(H,27,31). The van der Waals surface area contributed by atoms with Gasteiger partial charge in [-0.25, -0.2) is 9.37 Å². The molecule has 0 unspecified atom stereocenters. The van der Waals surface area contributed by atoms with E-state index in [-0.39, 0.29) is 43.1 Å². The summed E-state index contributed by atoms with van der Waals surface area (Å²) >= 11 is 1.13. The highest BCUT2D eigenvalue weighted by molar-refractivity contribution is 7.99. The number of halogens is 1. The van der Waals surface area contributed by atoms with Crippen molar-refractivity contribution < 1.29 is 28.6 Å². The van der Waals surface area contributed by atoms with Gasteiger partial charge in [-0.1, -0.05) is 23.9 Å². The first-order valence-corrected chi connectivity index (χ1v) is 11.2. The van der Waals surface area contributed by atoms with E-state index >= 15 is 0 Å². The fourth-order valence-electron chi connectivity index (χ4n) is 3.03. The zero-order valence-corrected chi connectivity index (χ0v) is 19.5. The maximum atomic E-state index is 13.0. The number of nitrogens with zero attached hydrogens (tertiary/aromatic N) is 2. The van der Waals surface area contributed by atoms with Crippen LogP contribution < -0.4 is 20.1 Å². The van der Waals surface area contributed by atoms with Crippen molar-refractivity contribution in [2.45, 2.75) is 24.9 Å². The molecule has 3 rings (SSSR count). The molecule has 2 aromatic carbocycles. The van der Waals surface area contributed by atoms with Crippen LogP contribution in [-0.2, 0) is 29.3 Å². The summed E-state index contributed by atoms with van der Waals surface area (Å²) in [5, 5.41) is 15.5. The third kappa shape index (κ3) is 6.72. The van der Waals surface area contributed by atoms with Gasteiger partial charge in [0.15, 0.2) is 5.16 Å². The first-order chi connectivity index (χ1) is 16.4. The molecule has 0 radical (unpaired) electrons. The van der Waals surface area contributed by atoms with Crippen LogP contribution in [0.1, 0.15) is 11.3 Å². The van der Waals surface area contributed by atoms with Gasteiger partial charge in [0.2, 0.25) is 11.8 Å². The minimum atomic E-state index is -0.350. The zero-order chi connectivity index (χ0) is 24.5. The Labute approximate surface area is 200 Å². The number of rotatable bonds is 11. The Morgan fingerprint density at radius 2 is 1.88 bits per heavy atom. The molecule has 0 aliphatic rings. The number of aromatic nitrogens is 2. The summed E-state index contributed by atoms with van der Waals surface area (Å²) in [6.45, 7) is -0.174. The molecular formula is C23H25FN4O5S. The maximum absolute atomic E-state index is 13.0. The van der Waals surface area contributed by atoms with E-state index in [0.29, 0.717) is 28.0 Å². The molecule has 0 aliphatic heterocycles. The highest BCUT2D eigenvalue weighted by atomic mass is 32.2. The molecule has 0 saturated carbocycles. The van der Waals surface area contributed by atoms with Crippen LogP contribution in [0.2, 0.25) is 0 Å². The lowest BCUT2D eigenvalue weighted by Crippen LogP contribution is -2.28. The van der Waals surface area contributed by atoms with Gasteiger partial charge in [0.1, 0.15) is 23.9 Å². The number of ether oxygens (including phenoxy) is 2. The van der Waals surface area contributed by atoms with Crippen LogP contribution in [0.5, 0.6) is 11.5 Å². The van der Waals surface area contributed by atoms with E-state index in [1.807, 2.05) is 0 Å². The van der Waals surface area contributed by atoms with Crippen LogP contribution in [0.15, 0.2) is 53.8 Å². The lowest BCUT2D eigenvalue weighted by Gasteiger charge is -2.13. The first-order valence-electron chi connectivity index (χ1n) is 10.2. The zero-order valence-electron chi connectivity index (χ0n) is 18.7. The number of aliphatic hydroxyl groups excluding tert-OH is 1. The molecule has 0 fully saturated rings. The van der Waals surface area contributed by atoms with Gasteiger partial charge in [-0.2, -0.15) is 0 Å². The van der Waals surface area contributed by atoms with Gasteiger partial charge in [0.05, 0.1) is 44.2 Å². The van der Waals surface area contributed by atoms with Gasteiger partial charge in [0.25, 0.3) is 0 Å². The molecule has 0 spiro atoms. The summed E-state index contributed by atoms with van der Waals surface area (Å²) in [6.07, 6.45) is 1.46. The predicted molar refractivity (Wildman–Crippen MR) is 125 cm³/mol. The highest BCUT2D eigenvalue weighted by Gasteiger charge is 2.16. The van der Waals surface area contributed by atoms with Crippen molar-refractivity contribution in [2.75, 3.05) is 25.3 Å². The first kappa shape index (κ1) is 25.1. The predicted octanol–water partition coefficient (Wildman–Crippen LogP) is 2.58. The lowest BCUT2D eigenvalue weighted by atomic mass is 10.2. The second-order valence-electron chi connectivity index (χ2n) is 7.08. The van der Waals surface area contributed by atoms with Crippen molar-refractivity contribution in [3.05, 3.63) is 65.7 Å². The average molecular weight is 489 g/mol. The van der Waals surface area contributed by atoms with Gasteiger partial charge in [-0.3, -0.25) is 9.59 Å². The molecule has 180 valence electrons. The molecule has 0 bridgehead atoms. The summed E-state index contributed by atoms with van der Waals surface area (Å²) in [4.78, 5) is 29.2. The van der Waals surface area contributed by atoms with E-state index in [9.17, 15) is 19.1 Å². The molecular weight excluding hydrogens is 463 g/mol. The molecule has 3 aromatic rings. The number of benzene rings is 2. The topological polar surface area (TPSA) is 115 Å². The minimum absolute atomic E-state index is 0.0133. The molecule has 34 heavy (non-hydrogen) atoms. The SMILES string of the molecule is COc1ccc(OC)c(NC(=O)CSc2ncc(CO)n2CC(=O)NCc2ccc(F)cc2)c1. The number of imidazole rings is 1. The number of hydrogen-bond donors (Lipinski definition) is 3. The minimum Gasteiger partial charge on any atom is -0.497 e.